The number of hydrogen-bond acceptors (Lipinski definition) is 7. The molecule has 0 spiro atoms. The Morgan fingerprint density at radius 2 is 2.04 bits per heavy atom. The number of pyridine rings is 1. The maximum Gasteiger partial charge on any atom is 0.227 e. The van der Waals surface area contributed by atoms with Crippen molar-refractivity contribution in [2.75, 3.05) is 37.5 Å². The summed E-state index contributed by atoms with van der Waals surface area (Å²) in [7, 11) is 3.68. The van der Waals surface area contributed by atoms with Gasteiger partial charge in [-0.15, -0.1) is 0 Å². The number of hydrogen-bond donors (Lipinski definition) is 1. The predicted molar refractivity (Wildman–Crippen MR) is 108 cm³/mol. The second kappa shape index (κ2) is 8.30. The van der Waals surface area contributed by atoms with Gasteiger partial charge in [0.2, 0.25) is 5.95 Å². The Bertz CT molecular complexity index is 906. The summed E-state index contributed by atoms with van der Waals surface area (Å²) in [6.45, 7) is 7.86. The van der Waals surface area contributed by atoms with Crippen LogP contribution in [0.15, 0.2) is 24.5 Å². The van der Waals surface area contributed by atoms with Crippen molar-refractivity contribution in [1.29, 1.82) is 0 Å². The van der Waals surface area contributed by atoms with E-state index in [9.17, 15) is 0 Å². The molecule has 3 aromatic heterocycles. The zero-order valence-corrected chi connectivity index (χ0v) is 16.6. The summed E-state index contributed by atoms with van der Waals surface area (Å²) in [5.74, 6) is 3.09. The molecule has 0 aliphatic carbocycles. The Hall–Kier alpha value is -2.74. The molecule has 0 atom stereocenters. The van der Waals surface area contributed by atoms with Gasteiger partial charge < -0.3 is 19.5 Å². The fourth-order valence-corrected chi connectivity index (χ4v) is 3.12. The molecule has 8 nitrogen and oxygen atoms in total. The van der Waals surface area contributed by atoms with E-state index < -0.39 is 0 Å². The van der Waals surface area contributed by atoms with E-state index in [0.717, 1.165) is 42.2 Å². The first-order valence-electron chi connectivity index (χ1n) is 9.14. The molecular weight excluding hydrogens is 342 g/mol. The molecule has 0 aliphatic heterocycles. The Morgan fingerprint density at radius 3 is 2.78 bits per heavy atom. The van der Waals surface area contributed by atoms with Crippen molar-refractivity contribution in [2.24, 2.45) is 0 Å². The number of aromatic nitrogens is 5. The zero-order valence-electron chi connectivity index (χ0n) is 16.6. The van der Waals surface area contributed by atoms with Crippen molar-refractivity contribution < 1.29 is 4.74 Å². The van der Waals surface area contributed by atoms with Gasteiger partial charge in [0.1, 0.15) is 23.0 Å². The first-order valence-corrected chi connectivity index (χ1v) is 9.14. The predicted octanol–water partition coefficient (Wildman–Crippen LogP) is 3.33. The van der Waals surface area contributed by atoms with E-state index in [-0.39, 0.29) is 0 Å². The van der Waals surface area contributed by atoms with Crippen LogP contribution in [0.3, 0.4) is 0 Å². The van der Waals surface area contributed by atoms with Crippen LogP contribution >= 0.6 is 0 Å². The summed E-state index contributed by atoms with van der Waals surface area (Å²) in [5.41, 5.74) is 1.96. The number of fused-ring (bicyclic) bond motifs is 1. The number of aryl methyl sites for hydroxylation is 1. The van der Waals surface area contributed by atoms with Crippen molar-refractivity contribution in [2.45, 2.75) is 33.2 Å². The van der Waals surface area contributed by atoms with Crippen molar-refractivity contribution in [1.82, 2.24) is 24.5 Å². The molecule has 0 saturated heterocycles. The summed E-state index contributed by atoms with van der Waals surface area (Å²) < 4.78 is 7.30. The number of nitrogens with zero attached hydrogens (tertiary/aromatic N) is 6. The summed E-state index contributed by atoms with van der Waals surface area (Å²) in [6.07, 6.45) is 4.46. The minimum atomic E-state index is 0.330. The third-order valence-electron chi connectivity index (χ3n) is 4.35. The van der Waals surface area contributed by atoms with Gasteiger partial charge in [0.25, 0.3) is 0 Å². The molecule has 144 valence electrons. The molecule has 0 aliphatic rings. The van der Waals surface area contributed by atoms with Crippen LogP contribution in [-0.2, 0) is 4.74 Å². The van der Waals surface area contributed by atoms with E-state index in [4.69, 9.17) is 4.74 Å². The molecule has 3 aromatic rings. The molecule has 0 bridgehead atoms. The molecule has 3 heterocycles. The molecule has 0 fully saturated rings. The lowest BCUT2D eigenvalue weighted by Crippen LogP contribution is -2.22. The fourth-order valence-electron chi connectivity index (χ4n) is 3.12. The van der Waals surface area contributed by atoms with Crippen molar-refractivity contribution in [3.8, 4) is 0 Å². The van der Waals surface area contributed by atoms with Crippen LogP contribution in [0.1, 0.15) is 32.1 Å². The van der Waals surface area contributed by atoms with Crippen LogP contribution in [-0.4, -0.2) is 51.8 Å². The number of rotatable bonds is 8. The van der Waals surface area contributed by atoms with Gasteiger partial charge >= 0.3 is 0 Å². The number of imidazole rings is 1. The maximum atomic E-state index is 5.10. The molecule has 0 aromatic carbocycles. The zero-order chi connectivity index (χ0) is 19.4. The van der Waals surface area contributed by atoms with Crippen LogP contribution in [0.25, 0.3) is 11.0 Å². The van der Waals surface area contributed by atoms with Gasteiger partial charge in [0.15, 0.2) is 0 Å². The number of methoxy groups -OCH3 is 1. The average molecular weight is 369 g/mol. The quantitative estimate of drug-likeness (QED) is 0.610. The van der Waals surface area contributed by atoms with Gasteiger partial charge in [0, 0.05) is 45.6 Å². The Morgan fingerprint density at radius 1 is 1.22 bits per heavy atom. The average Bonchev–Trinajstić information content (AvgIpc) is 2.97. The van der Waals surface area contributed by atoms with Gasteiger partial charge in [-0.05, 0) is 33.3 Å². The van der Waals surface area contributed by atoms with Gasteiger partial charge in [-0.2, -0.15) is 4.98 Å². The molecule has 0 radical (unpaired) electrons. The van der Waals surface area contributed by atoms with E-state index in [1.165, 1.54) is 0 Å². The highest BCUT2D eigenvalue weighted by Crippen LogP contribution is 2.23. The maximum absolute atomic E-state index is 5.10. The Balaban J connectivity index is 1.81. The molecule has 27 heavy (non-hydrogen) atoms. The van der Waals surface area contributed by atoms with Crippen LogP contribution in [0.5, 0.6) is 0 Å². The summed E-state index contributed by atoms with van der Waals surface area (Å²) in [6, 6.07) is 4.18. The van der Waals surface area contributed by atoms with Crippen LogP contribution in [0.2, 0.25) is 0 Å². The van der Waals surface area contributed by atoms with Crippen LogP contribution in [0, 0.1) is 6.92 Å². The SMILES string of the molecule is COCCCN(C)c1nccc(Nc2cc3c(cn2)nc(C)n3C(C)C)n1. The van der Waals surface area contributed by atoms with E-state index >= 15 is 0 Å². The topological polar surface area (TPSA) is 81.0 Å². The molecule has 0 amide bonds. The van der Waals surface area contributed by atoms with Gasteiger partial charge in [-0.1, -0.05) is 0 Å². The smallest absolute Gasteiger partial charge is 0.227 e. The second-order valence-corrected chi connectivity index (χ2v) is 6.82. The highest BCUT2D eigenvalue weighted by molar-refractivity contribution is 5.79. The minimum Gasteiger partial charge on any atom is -0.385 e. The largest absolute Gasteiger partial charge is 0.385 e. The monoisotopic (exact) mass is 369 g/mol. The second-order valence-electron chi connectivity index (χ2n) is 6.82. The van der Waals surface area contributed by atoms with E-state index in [2.05, 4.69) is 43.7 Å². The van der Waals surface area contributed by atoms with Crippen molar-refractivity contribution in [3.05, 3.63) is 30.4 Å². The summed E-state index contributed by atoms with van der Waals surface area (Å²) in [4.78, 5) is 20.0. The number of ether oxygens (including phenoxy) is 1. The molecular formula is C19H27N7O. The van der Waals surface area contributed by atoms with Gasteiger partial charge in [0.05, 0.1) is 11.7 Å². The summed E-state index contributed by atoms with van der Waals surface area (Å²) >= 11 is 0. The summed E-state index contributed by atoms with van der Waals surface area (Å²) in [5, 5.41) is 3.28. The number of nitrogens with one attached hydrogen (secondary N) is 1. The lowest BCUT2D eigenvalue weighted by atomic mass is 10.3. The van der Waals surface area contributed by atoms with E-state index in [1.807, 2.05) is 31.0 Å². The third kappa shape index (κ3) is 4.33. The highest BCUT2D eigenvalue weighted by atomic mass is 16.5. The number of anilines is 3. The van der Waals surface area contributed by atoms with E-state index in [0.29, 0.717) is 17.8 Å². The lowest BCUT2D eigenvalue weighted by molar-refractivity contribution is 0.196. The van der Waals surface area contributed by atoms with Crippen molar-refractivity contribution >= 4 is 28.6 Å². The first kappa shape index (κ1) is 19.0. The van der Waals surface area contributed by atoms with Gasteiger partial charge in [-0.3, -0.25) is 0 Å². The highest BCUT2D eigenvalue weighted by Gasteiger charge is 2.12. The standard InChI is InChI=1S/C19H27N7O/c1-13(2)26-14(3)22-15-12-21-18(11-16(15)26)23-17-7-8-20-19(24-17)25(4)9-6-10-27-5/h7-8,11-13H,6,9-10H2,1-5H3,(H,20,21,23,24). The molecule has 8 heteroatoms. The lowest BCUT2D eigenvalue weighted by Gasteiger charge is -2.17. The normalized spacial score (nSPS) is 11.3. The van der Waals surface area contributed by atoms with Crippen molar-refractivity contribution in [3.63, 3.8) is 0 Å². The molecule has 0 saturated carbocycles. The van der Waals surface area contributed by atoms with E-state index in [1.54, 1.807) is 19.5 Å². The van der Waals surface area contributed by atoms with Crippen LogP contribution < -0.4 is 10.2 Å². The minimum absolute atomic E-state index is 0.330. The molecule has 1 N–H and O–H groups in total. The Labute approximate surface area is 159 Å². The van der Waals surface area contributed by atoms with Crippen LogP contribution in [0.4, 0.5) is 17.6 Å². The Kier molecular flexibility index (Phi) is 5.85. The third-order valence-corrected chi connectivity index (χ3v) is 4.35. The molecule has 3 rings (SSSR count). The molecule has 0 unspecified atom stereocenters. The van der Waals surface area contributed by atoms with Gasteiger partial charge in [-0.25, -0.2) is 15.0 Å². The first-order chi connectivity index (χ1) is 13.0. The fraction of sp³-hybridized carbons (Fsp3) is 0.474.